The molecule has 0 bridgehead atoms. The number of benzene rings is 2. The van der Waals surface area contributed by atoms with Gasteiger partial charge in [0.15, 0.2) is 23.0 Å². The molecule has 0 aromatic heterocycles. The molecule has 1 N–H and O–H groups in total. The van der Waals surface area contributed by atoms with Crippen LogP contribution < -0.4 is 18.9 Å². The third-order valence-corrected chi connectivity index (χ3v) is 5.14. The Hall–Kier alpha value is -2.97. The summed E-state index contributed by atoms with van der Waals surface area (Å²) in [7, 11) is 0. The lowest BCUT2D eigenvalue weighted by atomic mass is 9.98. The van der Waals surface area contributed by atoms with Gasteiger partial charge in [0.25, 0.3) is 0 Å². The molecule has 3 rings (SSSR count). The van der Waals surface area contributed by atoms with Crippen LogP contribution in [0.15, 0.2) is 48.5 Å². The first-order chi connectivity index (χ1) is 16.1. The maximum Gasteiger partial charge on any atom is 0.329 e. The van der Waals surface area contributed by atoms with Crippen LogP contribution in [0.25, 0.3) is 0 Å². The summed E-state index contributed by atoms with van der Waals surface area (Å²) in [4.78, 5) is 11.3. The molecular weight excluding hydrogens is 428 g/mol. The Morgan fingerprint density at radius 1 is 0.848 bits per heavy atom. The third-order valence-electron chi connectivity index (χ3n) is 5.14. The SMILES string of the molecule is CCCCC1(OCC(=O)O)COc2ccccc2OCCOCCOc2ccccc2OC1. The molecule has 2 aromatic carbocycles. The predicted octanol–water partition coefficient (Wildman–Crippen LogP) is 3.96. The lowest BCUT2D eigenvalue weighted by Gasteiger charge is -2.33. The summed E-state index contributed by atoms with van der Waals surface area (Å²) < 4.78 is 35.4. The van der Waals surface area contributed by atoms with E-state index in [2.05, 4.69) is 6.92 Å². The first-order valence-corrected chi connectivity index (χ1v) is 11.2. The number of fused-ring (bicyclic) bond motifs is 2. The number of ether oxygens (including phenoxy) is 6. The van der Waals surface area contributed by atoms with E-state index in [1.165, 1.54) is 0 Å². The molecule has 180 valence electrons. The Morgan fingerprint density at radius 2 is 1.33 bits per heavy atom. The van der Waals surface area contributed by atoms with Gasteiger partial charge in [-0.05, 0) is 30.7 Å². The molecule has 8 nitrogen and oxygen atoms in total. The van der Waals surface area contributed by atoms with Crippen LogP contribution in [0.3, 0.4) is 0 Å². The zero-order valence-corrected chi connectivity index (χ0v) is 19.0. The van der Waals surface area contributed by atoms with Crippen molar-refractivity contribution in [2.45, 2.75) is 31.8 Å². The molecule has 1 heterocycles. The second kappa shape index (κ2) is 12.9. The standard InChI is InChI=1S/C25H32O8/c1-2-3-12-25(33-17-24(26)27)18-31-22-10-6-4-8-20(22)29-15-13-28-14-16-30-21-9-5-7-11-23(21)32-19-25/h4-11H,2-3,12-19H2,1H3,(H,26,27). The molecule has 2 aromatic rings. The van der Waals surface area contributed by atoms with Gasteiger partial charge in [0, 0.05) is 0 Å². The van der Waals surface area contributed by atoms with Gasteiger partial charge in [-0.2, -0.15) is 0 Å². The van der Waals surface area contributed by atoms with Gasteiger partial charge in [-0.15, -0.1) is 0 Å². The molecule has 0 radical (unpaired) electrons. The minimum atomic E-state index is -1.05. The number of unbranched alkanes of at least 4 members (excludes halogenated alkanes) is 1. The number of hydrogen-bond acceptors (Lipinski definition) is 7. The van der Waals surface area contributed by atoms with Crippen LogP contribution in [0.5, 0.6) is 23.0 Å². The molecule has 0 saturated carbocycles. The topological polar surface area (TPSA) is 92.7 Å². The number of hydrogen-bond donors (Lipinski definition) is 1. The van der Waals surface area contributed by atoms with Gasteiger partial charge in [0.05, 0.1) is 13.2 Å². The van der Waals surface area contributed by atoms with Gasteiger partial charge in [-0.25, -0.2) is 4.79 Å². The minimum absolute atomic E-state index is 0.0974. The van der Waals surface area contributed by atoms with Crippen LogP contribution in [0.2, 0.25) is 0 Å². The minimum Gasteiger partial charge on any atom is -0.487 e. The number of carboxylic acids is 1. The quantitative estimate of drug-likeness (QED) is 0.693. The van der Waals surface area contributed by atoms with Crippen LogP contribution in [-0.2, 0) is 14.3 Å². The number of carbonyl (C=O) groups is 1. The largest absolute Gasteiger partial charge is 0.487 e. The Labute approximate surface area is 194 Å². The fraction of sp³-hybridized carbons (Fsp3) is 0.480. The summed E-state index contributed by atoms with van der Waals surface area (Å²) in [5.41, 5.74) is -0.977. The summed E-state index contributed by atoms with van der Waals surface area (Å²) in [5.74, 6) is 1.21. The van der Waals surface area contributed by atoms with Gasteiger partial charge < -0.3 is 33.5 Å². The van der Waals surface area contributed by atoms with Gasteiger partial charge in [-0.1, -0.05) is 44.0 Å². The van der Waals surface area contributed by atoms with Crippen LogP contribution in [-0.4, -0.2) is 62.9 Å². The third kappa shape index (κ3) is 7.83. The molecule has 1 aliphatic heterocycles. The van der Waals surface area contributed by atoms with E-state index in [9.17, 15) is 9.90 Å². The lowest BCUT2D eigenvalue weighted by Crippen LogP contribution is -2.46. The highest BCUT2D eigenvalue weighted by Gasteiger charge is 2.35. The molecule has 0 saturated heterocycles. The first-order valence-electron chi connectivity index (χ1n) is 11.2. The smallest absolute Gasteiger partial charge is 0.329 e. The zero-order chi connectivity index (χ0) is 23.4. The fourth-order valence-corrected chi connectivity index (χ4v) is 3.37. The fourth-order valence-electron chi connectivity index (χ4n) is 3.37. The van der Waals surface area contributed by atoms with Crippen LogP contribution in [0.4, 0.5) is 0 Å². The highest BCUT2D eigenvalue weighted by Crippen LogP contribution is 2.32. The molecule has 0 spiro atoms. The maximum atomic E-state index is 11.3. The van der Waals surface area contributed by atoms with Gasteiger partial charge >= 0.3 is 5.97 Å². The van der Waals surface area contributed by atoms with E-state index in [4.69, 9.17) is 28.4 Å². The Balaban J connectivity index is 1.89. The normalized spacial score (nSPS) is 16.6. The molecule has 0 unspecified atom stereocenters. The lowest BCUT2D eigenvalue weighted by molar-refractivity contribution is -0.156. The molecule has 0 atom stereocenters. The summed E-state index contributed by atoms with van der Waals surface area (Å²) in [6.45, 7) is 3.32. The van der Waals surface area contributed by atoms with Gasteiger partial charge in [0.2, 0.25) is 0 Å². The zero-order valence-electron chi connectivity index (χ0n) is 19.0. The summed E-state index contributed by atoms with van der Waals surface area (Å²) in [6.07, 6.45) is 2.30. The number of carboxylic acid groups (broad SMARTS) is 1. The average molecular weight is 461 g/mol. The monoisotopic (exact) mass is 460 g/mol. The molecular formula is C25H32O8. The maximum absolute atomic E-state index is 11.3. The van der Waals surface area contributed by atoms with Gasteiger partial charge in [0.1, 0.15) is 38.6 Å². The summed E-state index contributed by atoms with van der Waals surface area (Å²) in [6, 6.07) is 14.7. The van der Waals surface area contributed by atoms with Crippen molar-refractivity contribution < 1.29 is 38.3 Å². The van der Waals surface area contributed by atoms with Crippen molar-refractivity contribution in [3.63, 3.8) is 0 Å². The first kappa shape index (κ1) is 24.7. The van der Waals surface area contributed by atoms with E-state index in [0.717, 1.165) is 12.8 Å². The summed E-state index contributed by atoms with van der Waals surface area (Å²) in [5, 5.41) is 9.28. The number of para-hydroxylation sites is 4. The molecule has 33 heavy (non-hydrogen) atoms. The van der Waals surface area contributed by atoms with Crippen molar-refractivity contribution in [3.05, 3.63) is 48.5 Å². The van der Waals surface area contributed by atoms with Gasteiger partial charge in [-0.3, -0.25) is 0 Å². The van der Waals surface area contributed by atoms with E-state index in [-0.39, 0.29) is 13.2 Å². The van der Waals surface area contributed by atoms with Crippen molar-refractivity contribution in [2.75, 3.05) is 46.2 Å². The van der Waals surface area contributed by atoms with E-state index in [1.54, 1.807) is 0 Å². The number of rotatable bonds is 6. The average Bonchev–Trinajstić information content (AvgIpc) is 2.83. The Kier molecular flexibility index (Phi) is 9.65. The van der Waals surface area contributed by atoms with E-state index in [1.807, 2.05) is 48.5 Å². The highest BCUT2D eigenvalue weighted by molar-refractivity contribution is 5.68. The Morgan fingerprint density at radius 3 is 1.79 bits per heavy atom. The molecule has 0 fully saturated rings. The second-order valence-corrected chi connectivity index (χ2v) is 7.75. The van der Waals surface area contributed by atoms with Crippen LogP contribution in [0, 0.1) is 0 Å². The van der Waals surface area contributed by atoms with Crippen LogP contribution >= 0.6 is 0 Å². The highest BCUT2D eigenvalue weighted by atomic mass is 16.6. The van der Waals surface area contributed by atoms with Crippen molar-refractivity contribution in [3.8, 4) is 23.0 Å². The number of aliphatic carboxylic acids is 1. The van der Waals surface area contributed by atoms with E-state index >= 15 is 0 Å². The predicted molar refractivity (Wildman–Crippen MR) is 122 cm³/mol. The van der Waals surface area contributed by atoms with Crippen molar-refractivity contribution in [1.29, 1.82) is 0 Å². The molecule has 0 amide bonds. The van der Waals surface area contributed by atoms with E-state index < -0.39 is 18.2 Å². The summed E-state index contributed by atoms with van der Waals surface area (Å²) >= 11 is 0. The molecule has 8 heteroatoms. The molecule has 1 aliphatic rings. The van der Waals surface area contributed by atoms with Crippen molar-refractivity contribution >= 4 is 5.97 Å². The second-order valence-electron chi connectivity index (χ2n) is 7.75. The van der Waals surface area contributed by atoms with Crippen molar-refractivity contribution in [2.24, 2.45) is 0 Å². The Bertz CT molecular complexity index is 813. The van der Waals surface area contributed by atoms with Crippen LogP contribution in [0.1, 0.15) is 26.2 Å². The van der Waals surface area contributed by atoms with Crippen molar-refractivity contribution in [1.82, 2.24) is 0 Å². The molecule has 0 aliphatic carbocycles. The van der Waals surface area contributed by atoms with E-state index in [0.29, 0.717) is 55.8 Å².